The monoisotopic (exact) mass is 376 g/mol. The van der Waals surface area contributed by atoms with Gasteiger partial charge in [-0.2, -0.15) is 0 Å². The largest absolute Gasteiger partial charge is 0.495 e. The molecule has 1 aromatic heterocycles. The first kappa shape index (κ1) is 18.5. The smallest absolute Gasteiger partial charge is 0.408 e. The third-order valence-corrected chi connectivity index (χ3v) is 6.49. The summed E-state index contributed by atoms with van der Waals surface area (Å²) in [6.45, 7) is 9.03. The molecule has 4 rings (SSSR count). The molecule has 27 heavy (non-hydrogen) atoms. The molecule has 0 saturated heterocycles. The molecule has 3 aromatic carbocycles. The van der Waals surface area contributed by atoms with E-state index in [-0.39, 0.29) is 12.7 Å². The first-order valence-electron chi connectivity index (χ1n) is 9.66. The van der Waals surface area contributed by atoms with Crippen LogP contribution >= 0.6 is 11.3 Å². The van der Waals surface area contributed by atoms with Crippen molar-refractivity contribution in [2.24, 2.45) is 0 Å². The van der Waals surface area contributed by atoms with Crippen LogP contribution in [-0.2, 0) is 9.31 Å². The quantitative estimate of drug-likeness (QED) is 0.376. The Balaban J connectivity index is 1.94. The summed E-state index contributed by atoms with van der Waals surface area (Å²) in [7, 11) is -0.354. The summed E-state index contributed by atoms with van der Waals surface area (Å²) in [5.74, 6) is 0. The van der Waals surface area contributed by atoms with Gasteiger partial charge >= 0.3 is 7.12 Å². The highest BCUT2D eigenvalue weighted by molar-refractivity contribution is 7.27. The van der Waals surface area contributed by atoms with Crippen molar-refractivity contribution in [3.05, 3.63) is 54.6 Å². The zero-order valence-electron chi connectivity index (χ0n) is 16.4. The molecule has 2 nitrogen and oxygen atoms in total. The van der Waals surface area contributed by atoms with Crippen LogP contribution in [0.1, 0.15) is 34.1 Å². The Labute approximate surface area is 165 Å². The maximum Gasteiger partial charge on any atom is 0.495 e. The van der Waals surface area contributed by atoms with Gasteiger partial charge in [-0.15, -0.1) is 11.3 Å². The minimum absolute atomic E-state index is 0.231. The minimum atomic E-state index is -0.354. The molecule has 0 atom stereocenters. The second kappa shape index (κ2) is 7.27. The van der Waals surface area contributed by atoms with E-state index in [1.54, 1.807) is 0 Å². The van der Waals surface area contributed by atoms with E-state index in [0.29, 0.717) is 6.61 Å². The molecule has 0 radical (unpaired) electrons. The van der Waals surface area contributed by atoms with Crippen molar-refractivity contribution in [3.8, 4) is 0 Å². The molecule has 0 spiro atoms. The second-order valence-electron chi connectivity index (χ2n) is 7.50. The highest BCUT2D eigenvalue weighted by atomic mass is 32.1. The molecule has 0 aliphatic rings. The number of rotatable bonds is 6. The summed E-state index contributed by atoms with van der Waals surface area (Å²) < 4.78 is 15.0. The fourth-order valence-electron chi connectivity index (χ4n) is 3.49. The Hall–Kier alpha value is -1.88. The van der Waals surface area contributed by atoms with E-state index in [4.69, 9.17) is 9.31 Å². The third-order valence-electron chi connectivity index (χ3n) is 5.27. The number of benzene rings is 3. The van der Waals surface area contributed by atoms with E-state index >= 15 is 0 Å². The topological polar surface area (TPSA) is 18.5 Å². The lowest BCUT2D eigenvalue weighted by molar-refractivity contribution is 0.0708. The van der Waals surface area contributed by atoms with Crippen molar-refractivity contribution >= 4 is 54.9 Å². The number of hydrogen-bond acceptors (Lipinski definition) is 3. The molecule has 0 saturated carbocycles. The molecule has 138 valence electrons. The maximum absolute atomic E-state index is 6.39. The molecule has 0 fully saturated rings. The Bertz CT molecular complexity index is 1100. The number of hydrogen-bond donors (Lipinski definition) is 0. The molecular formula is C23H25BO2S. The van der Waals surface area contributed by atoms with Gasteiger partial charge in [-0.1, -0.05) is 55.5 Å². The van der Waals surface area contributed by atoms with Gasteiger partial charge < -0.3 is 9.31 Å². The first-order valence-corrected chi connectivity index (χ1v) is 10.5. The lowest BCUT2D eigenvalue weighted by Gasteiger charge is -2.28. The molecular weight excluding hydrogens is 351 g/mol. The predicted octanol–water partition coefficient (Wildman–Crippen LogP) is 6.14. The van der Waals surface area contributed by atoms with Gasteiger partial charge in [0.25, 0.3) is 0 Å². The Morgan fingerprint density at radius 2 is 1.70 bits per heavy atom. The van der Waals surface area contributed by atoms with Gasteiger partial charge in [0.05, 0.1) is 0 Å². The van der Waals surface area contributed by atoms with E-state index < -0.39 is 0 Å². The molecule has 1 heterocycles. The third kappa shape index (κ3) is 3.38. The highest BCUT2D eigenvalue weighted by Crippen LogP contribution is 2.38. The van der Waals surface area contributed by atoms with Gasteiger partial charge in [-0.25, -0.2) is 0 Å². The van der Waals surface area contributed by atoms with Gasteiger partial charge in [0.15, 0.2) is 0 Å². The van der Waals surface area contributed by atoms with Crippen LogP contribution in [0, 0.1) is 0 Å². The zero-order chi connectivity index (χ0) is 19.0. The molecule has 0 amide bonds. The minimum Gasteiger partial charge on any atom is -0.408 e. The molecule has 0 bridgehead atoms. The average molecular weight is 376 g/mol. The van der Waals surface area contributed by atoms with Gasteiger partial charge in [-0.05, 0) is 44.0 Å². The van der Waals surface area contributed by atoms with Crippen LogP contribution in [-0.4, -0.2) is 19.3 Å². The molecule has 0 aliphatic carbocycles. The number of thiophene rings is 1. The Morgan fingerprint density at radius 1 is 0.926 bits per heavy atom. The predicted molar refractivity (Wildman–Crippen MR) is 119 cm³/mol. The molecule has 0 aliphatic heterocycles. The van der Waals surface area contributed by atoms with Crippen molar-refractivity contribution in [1.82, 2.24) is 0 Å². The first-order chi connectivity index (χ1) is 13.0. The van der Waals surface area contributed by atoms with E-state index in [0.717, 1.165) is 11.9 Å². The van der Waals surface area contributed by atoms with Crippen LogP contribution in [0.3, 0.4) is 0 Å². The maximum atomic E-state index is 6.39. The van der Waals surface area contributed by atoms with E-state index in [1.807, 2.05) is 18.3 Å². The fraction of sp³-hybridized carbons (Fsp3) is 0.304. The van der Waals surface area contributed by atoms with Crippen molar-refractivity contribution in [2.75, 3.05) is 6.61 Å². The fourth-order valence-corrected chi connectivity index (χ4v) is 4.73. The van der Waals surface area contributed by atoms with Crippen LogP contribution < -0.4 is 5.46 Å². The van der Waals surface area contributed by atoms with Crippen LogP contribution in [0.4, 0.5) is 0 Å². The SMILES string of the molecule is CCOB(OC(C)(C)CC)c1cccc2c1sc1ccc3ccccc3c12. The van der Waals surface area contributed by atoms with Crippen molar-refractivity contribution in [1.29, 1.82) is 0 Å². The van der Waals surface area contributed by atoms with Crippen molar-refractivity contribution < 1.29 is 9.31 Å². The van der Waals surface area contributed by atoms with Gasteiger partial charge in [0.2, 0.25) is 0 Å². The average Bonchev–Trinajstić information content (AvgIpc) is 3.06. The molecule has 0 unspecified atom stereocenters. The summed E-state index contributed by atoms with van der Waals surface area (Å²) in [4.78, 5) is 0. The lowest BCUT2D eigenvalue weighted by Crippen LogP contribution is -2.43. The summed E-state index contributed by atoms with van der Waals surface area (Å²) in [5.41, 5.74) is 0.895. The van der Waals surface area contributed by atoms with E-state index in [2.05, 4.69) is 75.4 Å². The van der Waals surface area contributed by atoms with E-state index in [1.165, 1.54) is 30.9 Å². The summed E-state index contributed by atoms with van der Waals surface area (Å²) >= 11 is 1.83. The van der Waals surface area contributed by atoms with E-state index in [9.17, 15) is 0 Å². The Kier molecular flexibility index (Phi) is 4.98. The zero-order valence-corrected chi connectivity index (χ0v) is 17.2. The molecule has 0 N–H and O–H groups in total. The Morgan fingerprint density at radius 3 is 2.48 bits per heavy atom. The van der Waals surface area contributed by atoms with Gasteiger partial charge in [0, 0.05) is 37.8 Å². The summed E-state index contributed by atoms with van der Waals surface area (Å²) in [6, 6.07) is 19.5. The lowest BCUT2D eigenvalue weighted by atomic mass is 9.76. The van der Waals surface area contributed by atoms with Gasteiger partial charge in [-0.3, -0.25) is 0 Å². The summed E-state index contributed by atoms with van der Waals surface area (Å²) in [5, 5.41) is 5.20. The normalized spacial score (nSPS) is 12.3. The standard InChI is InChI=1S/C23H25BO2S/c1-5-23(3,4)26-24(25-6-2)19-13-9-12-18-21-17-11-8-7-10-16(17)14-15-20(21)27-22(18)19/h7-15H,5-6H2,1-4H3. The van der Waals surface area contributed by atoms with Crippen LogP contribution in [0.25, 0.3) is 30.9 Å². The number of fused-ring (bicyclic) bond motifs is 5. The van der Waals surface area contributed by atoms with Crippen LogP contribution in [0.5, 0.6) is 0 Å². The second-order valence-corrected chi connectivity index (χ2v) is 8.56. The van der Waals surface area contributed by atoms with Crippen LogP contribution in [0.2, 0.25) is 0 Å². The molecule has 4 heteroatoms. The van der Waals surface area contributed by atoms with Crippen LogP contribution in [0.15, 0.2) is 54.6 Å². The van der Waals surface area contributed by atoms with Gasteiger partial charge in [0.1, 0.15) is 0 Å². The molecule has 4 aromatic rings. The van der Waals surface area contributed by atoms with Crippen molar-refractivity contribution in [2.45, 2.75) is 39.7 Å². The highest BCUT2D eigenvalue weighted by Gasteiger charge is 2.31. The van der Waals surface area contributed by atoms with Crippen molar-refractivity contribution in [3.63, 3.8) is 0 Å². The summed E-state index contributed by atoms with van der Waals surface area (Å²) in [6.07, 6.45) is 0.934.